The van der Waals surface area contributed by atoms with E-state index in [1.54, 1.807) is 16.0 Å². The number of likely N-dealkylation sites (tertiary alicyclic amines) is 1. The molecule has 0 radical (unpaired) electrons. The number of carbonyl (C=O) groups excluding carboxylic acids is 2. The Hall–Kier alpha value is -2.19. The molecule has 1 aromatic heterocycles. The van der Waals surface area contributed by atoms with Crippen LogP contribution in [-0.4, -0.2) is 84.9 Å². The van der Waals surface area contributed by atoms with Gasteiger partial charge in [-0.15, -0.1) is 0 Å². The summed E-state index contributed by atoms with van der Waals surface area (Å²) in [5, 5.41) is 0. The smallest absolute Gasteiger partial charge is 0.232 e. The van der Waals surface area contributed by atoms with Crippen LogP contribution in [0.5, 0.6) is 0 Å². The summed E-state index contributed by atoms with van der Waals surface area (Å²) >= 11 is 0. The summed E-state index contributed by atoms with van der Waals surface area (Å²) in [7, 11) is 0. The molecule has 2 amide bonds. The van der Waals surface area contributed by atoms with E-state index in [9.17, 15) is 9.59 Å². The molecule has 0 N–H and O–H groups in total. The molecule has 0 aliphatic carbocycles. The molecule has 0 bridgehead atoms. The molecule has 8 heteroatoms. The Morgan fingerprint density at radius 3 is 2.15 bits per heavy atom. The van der Waals surface area contributed by atoms with Crippen molar-refractivity contribution in [3.63, 3.8) is 0 Å². The fourth-order valence-electron chi connectivity index (χ4n) is 3.96. The van der Waals surface area contributed by atoms with Gasteiger partial charge >= 0.3 is 0 Å². The SMILES string of the molecule is O=C(CC(=O)N1CCC2(CC1)OCCO2)N1CCN(c2ccccn2)CC1. The van der Waals surface area contributed by atoms with E-state index in [4.69, 9.17) is 9.47 Å². The Kier molecular flexibility index (Phi) is 5.27. The number of rotatable bonds is 3. The minimum absolute atomic E-state index is 0.0572. The van der Waals surface area contributed by atoms with Crippen LogP contribution in [0.1, 0.15) is 19.3 Å². The molecule has 1 spiro atoms. The first kappa shape index (κ1) is 18.2. The van der Waals surface area contributed by atoms with Crippen molar-refractivity contribution in [3.8, 4) is 0 Å². The molecular formula is C19H26N4O4. The lowest BCUT2D eigenvalue weighted by Gasteiger charge is -2.38. The van der Waals surface area contributed by atoms with Gasteiger partial charge in [0.25, 0.3) is 0 Å². The van der Waals surface area contributed by atoms with Gasteiger partial charge in [0.05, 0.1) is 13.2 Å². The van der Waals surface area contributed by atoms with Gasteiger partial charge < -0.3 is 24.2 Å². The van der Waals surface area contributed by atoms with E-state index in [1.165, 1.54) is 0 Å². The third-order valence-corrected chi connectivity index (χ3v) is 5.60. The summed E-state index contributed by atoms with van der Waals surface area (Å²) in [5.74, 6) is 0.247. The summed E-state index contributed by atoms with van der Waals surface area (Å²) in [6, 6.07) is 5.83. The number of amides is 2. The fraction of sp³-hybridized carbons (Fsp3) is 0.632. The van der Waals surface area contributed by atoms with E-state index in [2.05, 4.69) is 9.88 Å². The predicted octanol–water partition coefficient (Wildman–Crippen LogP) is 0.486. The number of piperazine rings is 1. The molecule has 0 unspecified atom stereocenters. The molecule has 8 nitrogen and oxygen atoms in total. The number of aromatic nitrogens is 1. The molecule has 3 aliphatic heterocycles. The number of nitrogens with zero attached hydrogens (tertiary/aromatic N) is 4. The zero-order valence-corrected chi connectivity index (χ0v) is 15.5. The molecule has 0 aromatic carbocycles. The van der Waals surface area contributed by atoms with Crippen LogP contribution >= 0.6 is 0 Å². The Balaban J connectivity index is 1.23. The normalized spacial score (nSPS) is 22.3. The highest BCUT2D eigenvalue weighted by atomic mass is 16.7. The van der Waals surface area contributed by atoms with Crippen molar-refractivity contribution in [2.24, 2.45) is 0 Å². The van der Waals surface area contributed by atoms with Crippen molar-refractivity contribution in [2.45, 2.75) is 25.0 Å². The van der Waals surface area contributed by atoms with E-state index in [-0.39, 0.29) is 18.2 Å². The first-order valence-corrected chi connectivity index (χ1v) is 9.65. The number of hydrogen-bond acceptors (Lipinski definition) is 6. The van der Waals surface area contributed by atoms with Crippen molar-refractivity contribution in [3.05, 3.63) is 24.4 Å². The van der Waals surface area contributed by atoms with Gasteiger partial charge in [-0.2, -0.15) is 0 Å². The molecule has 0 atom stereocenters. The van der Waals surface area contributed by atoms with Gasteiger partial charge in [0.2, 0.25) is 11.8 Å². The minimum atomic E-state index is -0.497. The highest BCUT2D eigenvalue weighted by Gasteiger charge is 2.41. The lowest BCUT2D eigenvalue weighted by Crippen LogP contribution is -2.51. The number of carbonyl (C=O) groups is 2. The largest absolute Gasteiger partial charge is 0.353 e. The van der Waals surface area contributed by atoms with Crippen LogP contribution in [0.4, 0.5) is 5.82 Å². The zero-order valence-electron chi connectivity index (χ0n) is 15.5. The third-order valence-electron chi connectivity index (χ3n) is 5.60. The first-order chi connectivity index (χ1) is 13.2. The number of anilines is 1. The van der Waals surface area contributed by atoms with Gasteiger partial charge in [-0.3, -0.25) is 9.59 Å². The fourth-order valence-corrected chi connectivity index (χ4v) is 3.96. The average Bonchev–Trinajstić information content (AvgIpc) is 3.17. The van der Waals surface area contributed by atoms with E-state index >= 15 is 0 Å². The zero-order chi connectivity index (χ0) is 18.7. The Morgan fingerprint density at radius 2 is 1.56 bits per heavy atom. The van der Waals surface area contributed by atoms with E-state index in [1.807, 2.05) is 18.2 Å². The van der Waals surface area contributed by atoms with Gasteiger partial charge in [0.15, 0.2) is 5.79 Å². The van der Waals surface area contributed by atoms with Crippen molar-refractivity contribution in [1.82, 2.24) is 14.8 Å². The van der Waals surface area contributed by atoms with Crippen LogP contribution in [0.25, 0.3) is 0 Å². The highest BCUT2D eigenvalue weighted by molar-refractivity contribution is 5.97. The Bertz CT molecular complexity index is 660. The second kappa shape index (κ2) is 7.82. The molecule has 3 fully saturated rings. The Morgan fingerprint density at radius 1 is 0.926 bits per heavy atom. The first-order valence-electron chi connectivity index (χ1n) is 9.65. The third kappa shape index (κ3) is 4.06. The number of piperidine rings is 1. The van der Waals surface area contributed by atoms with Crippen LogP contribution in [-0.2, 0) is 19.1 Å². The second-order valence-corrected chi connectivity index (χ2v) is 7.22. The topological polar surface area (TPSA) is 75.2 Å². The monoisotopic (exact) mass is 374 g/mol. The minimum Gasteiger partial charge on any atom is -0.353 e. The van der Waals surface area contributed by atoms with Crippen LogP contribution in [0.2, 0.25) is 0 Å². The number of hydrogen-bond donors (Lipinski definition) is 0. The van der Waals surface area contributed by atoms with E-state index < -0.39 is 5.79 Å². The summed E-state index contributed by atoms with van der Waals surface area (Å²) in [5.41, 5.74) is 0. The summed E-state index contributed by atoms with van der Waals surface area (Å²) < 4.78 is 11.4. The van der Waals surface area contributed by atoms with Crippen LogP contribution in [0.15, 0.2) is 24.4 Å². The highest BCUT2D eigenvalue weighted by Crippen LogP contribution is 2.31. The molecule has 1 aromatic rings. The van der Waals surface area contributed by atoms with Gasteiger partial charge in [-0.25, -0.2) is 4.98 Å². The van der Waals surface area contributed by atoms with Crippen LogP contribution in [0, 0.1) is 0 Å². The van der Waals surface area contributed by atoms with E-state index in [0.717, 1.165) is 18.9 Å². The number of ether oxygens (including phenoxy) is 2. The molecule has 146 valence electrons. The summed E-state index contributed by atoms with van der Waals surface area (Å²) in [6.45, 7) is 5.11. The molecule has 27 heavy (non-hydrogen) atoms. The molecule has 4 rings (SSSR count). The maximum atomic E-state index is 12.5. The van der Waals surface area contributed by atoms with Gasteiger partial charge in [-0.1, -0.05) is 6.07 Å². The van der Waals surface area contributed by atoms with Crippen molar-refractivity contribution in [2.75, 3.05) is 57.4 Å². The maximum absolute atomic E-state index is 12.5. The van der Waals surface area contributed by atoms with E-state index in [0.29, 0.717) is 52.2 Å². The quantitative estimate of drug-likeness (QED) is 0.717. The molecule has 4 heterocycles. The molecular weight excluding hydrogens is 348 g/mol. The summed E-state index contributed by atoms with van der Waals surface area (Å²) in [4.78, 5) is 35.1. The van der Waals surface area contributed by atoms with Gasteiger partial charge in [-0.05, 0) is 12.1 Å². The Labute approximate surface area is 159 Å². The molecule has 3 saturated heterocycles. The number of pyridine rings is 1. The second-order valence-electron chi connectivity index (χ2n) is 7.22. The maximum Gasteiger partial charge on any atom is 0.232 e. The van der Waals surface area contributed by atoms with Crippen molar-refractivity contribution >= 4 is 17.6 Å². The molecule has 3 aliphatic rings. The lowest BCUT2D eigenvalue weighted by molar-refractivity contribution is -0.187. The van der Waals surface area contributed by atoms with Crippen molar-refractivity contribution < 1.29 is 19.1 Å². The molecule has 0 saturated carbocycles. The predicted molar refractivity (Wildman–Crippen MR) is 98.1 cm³/mol. The van der Waals surface area contributed by atoms with Crippen LogP contribution in [0.3, 0.4) is 0 Å². The lowest BCUT2D eigenvalue weighted by atomic mass is 10.0. The summed E-state index contributed by atoms with van der Waals surface area (Å²) in [6.07, 6.45) is 3.07. The van der Waals surface area contributed by atoms with Gasteiger partial charge in [0, 0.05) is 58.3 Å². The van der Waals surface area contributed by atoms with Crippen molar-refractivity contribution in [1.29, 1.82) is 0 Å². The average molecular weight is 374 g/mol. The van der Waals surface area contributed by atoms with Crippen LogP contribution < -0.4 is 4.90 Å². The standard InChI is InChI=1S/C19H26N4O4/c24-17(22-7-4-19(5-8-22)26-13-14-27-19)15-18(25)23-11-9-21(10-12-23)16-3-1-2-6-20-16/h1-3,6H,4-5,7-15H2. The van der Waals surface area contributed by atoms with Gasteiger partial charge in [0.1, 0.15) is 12.2 Å².